The van der Waals surface area contributed by atoms with Crippen LogP contribution in [0.25, 0.3) is 0 Å². The zero-order valence-electron chi connectivity index (χ0n) is 8.55. The van der Waals surface area contributed by atoms with Crippen molar-refractivity contribution in [2.24, 2.45) is 5.73 Å². The first-order valence-corrected chi connectivity index (χ1v) is 7.18. The van der Waals surface area contributed by atoms with Gasteiger partial charge in [0.15, 0.2) is 5.16 Å². The van der Waals surface area contributed by atoms with Crippen molar-refractivity contribution in [3.63, 3.8) is 0 Å². The molecule has 3 N–H and O–H groups in total. The minimum absolute atomic E-state index is 0.0562. The van der Waals surface area contributed by atoms with Crippen molar-refractivity contribution in [3.8, 4) is 0 Å². The van der Waals surface area contributed by atoms with E-state index in [1.54, 1.807) is 23.1 Å². The van der Waals surface area contributed by atoms with Gasteiger partial charge in [-0.3, -0.25) is 5.10 Å². The van der Waals surface area contributed by atoms with E-state index in [2.05, 4.69) is 37.2 Å². The van der Waals surface area contributed by atoms with E-state index in [0.717, 1.165) is 8.94 Å². The number of H-pyrrole nitrogens is 1. The van der Waals surface area contributed by atoms with Crippen LogP contribution < -0.4 is 5.73 Å². The highest BCUT2D eigenvalue weighted by molar-refractivity contribution is 9.11. The molecular formula is C9H11BrN4S2. The Morgan fingerprint density at radius 1 is 1.56 bits per heavy atom. The van der Waals surface area contributed by atoms with Gasteiger partial charge >= 0.3 is 0 Å². The molecule has 0 spiro atoms. The molecule has 0 fully saturated rings. The van der Waals surface area contributed by atoms with Crippen molar-refractivity contribution < 1.29 is 0 Å². The minimum atomic E-state index is 0.0562. The van der Waals surface area contributed by atoms with Crippen molar-refractivity contribution >= 4 is 39.0 Å². The standard InChI is InChI=1S/C9H11BrN4S2/c1-5(11)8(6-2-3-7(10)15-6)16-9-12-4-13-14-9/h2-5,8H,11H2,1H3,(H,12,13,14). The van der Waals surface area contributed by atoms with Crippen LogP contribution in [0.15, 0.2) is 27.4 Å². The molecule has 0 radical (unpaired) electrons. The average Bonchev–Trinajstić information content (AvgIpc) is 2.84. The maximum atomic E-state index is 6.00. The van der Waals surface area contributed by atoms with Gasteiger partial charge in [0.2, 0.25) is 0 Å². The summed E-state index contributed by atoms with van der Waals surface area (Å²) in [5.41, 5.74) is 6.00. The molecule has 4 nitrogen and oxygen atoms in total. The summed E-state index contributed by atoms with van der Waals surface area (Å²) in [6.07, 6.45) is 1.50. The van der Waals surface area contributed by atoms with Gasteiger partial charge in [0.25, 0.3) is 0 Å². The lowest BCUT2D eigenvalue weighted by Gasteiger charge is -2.17. The molecule has 0 saturated carbocycles. The molecule has 2 aromatic heterocycles. The van der Waals surface area contributed by atoms with E-state index in [9.17, 15) is 0 Å². The van der Waals surface area contributed by atoms with Crippen LogP contribution in [0, 0.1) is 0 Å². The summed E-state index contributed by atoms with van der Waals surface area (Å²) in [5, 5.41) is 7.66. The normalized spacial score (nSPS) is 14.9. The Labute approximate surface area is 110 Å². The SMILES string of the molecule is CC(N)C(Sc1ncn[nH]1)c1ccc(Br)s1. The maximum Gasteiger partial charge on any atom is 0.184 e. The second-order valence-electron chi connectivity index (χ2n) is 3.33. The van der Waals surface area contributed by atoms with Gasteiger partial charge in [-0.25, -0.2) is 4.98 Å². The Bertz CT molecular complexity index is 440. The summed E-state index contributed by atoms with van der Waals surface area (Å²) in [6.45, 7) is 2.00. The molecule has 0 aliphatic heterocycles. The molecule has 0 aliphatic carbocycles. The molecule has 2 heterocycles. The molecule has 7 heteroatoms. The van der Waals surface area contributed by atoms with Gasteiger partial charge in [-0.2, -0.15) is 5.10 Å². The number of rotatable bonds is 4. The Kier molecular flexibility index (Phi) is 4.01. The second-order valence-corrected chi connectivity index (χ2v) is 6.95. The van der Waals surface area contributed by atoms with Crippen molar-refractivity contribution in [3.05, 3.63) is 27.1 Å². The van der Waals surface area contributed by atoms with Gasteiger partial charge in [-0.15, -0.1) is 11.3 Å². The summed E-state index contributed by atoms with van der Waals surface area (Å²) in [7, 11) is 0. The van der Waals surface area contributed by atoms with E-state index < -0.39 is 0 Å². The van der Waals surface area contributed by atoms with Crippen molar-refractivity contribution in [1.82, 2.24) is 15.2 Å². The predicted octanol–water partition coefficient (Wildman–Crippen LogP) is 2.81. The lowest BCUT2D eigenvalue weighted by atomic mass is 10.2. The number of nitrogens with two attached hydrogens (primary N) is 1. The third-order valence-corrected chi connectivity index (χ3v) is 5.20. The quantitative estimate of drug-likeness (QED) is 0.851. The monoisotopic (exact) mass is 318 g/mol. The lowest BCUT2D eigenvalue weighted by Crippen LogP contribution is -2.21. The Hall–Kier alpha value is -0.370. The fourth-order valence-corrected chi connectivity index (χ4v) is 3.95. The molecule has 0 bridgehead atoms. The zero-order chi connectivity index (χ0) is 11.5. The molecule has 2 aromatic rings. The Morgan fingerprint density at radius 2 is 2.38 bits per heavy atom. The van der Waals surface area contributed by atoms with Gasteiger partial charge < -0.3 is 5.73 Å². The predicted molar refractivity (Wildman–Crippen MR) is 70.6 cm³/mol. The smallest absolute Gasteiger partial charge is 0.184 e. The highest BCUT2D eigenvalue weighted by Gasteiger charge is 2.20. The number of hydrogen-bond acceptors (Lipinski definition) is 5. The number of thiophene rings is 1. The molecule has 0 aliphatic rings. The first-order valence-electron chi connectivity index (χ1n) is 4.69. The van der Waals surface area contributed by atoms with E-state index in [4.69, 9.17) is 5.73 Å². The van der Waals surface area contributed by atoms with Crippen molar-refractivity contribution in [1.29, 1.82) is 0 Å². The van der Waals surface area contributed by atoms with E-state index in [-0.39, 0.29) is 11.3 Å². The maximum absolute atomic E-state index is 6.00. The first kappa shape index (κ1) is 12.1. The number of aromatic amines is 1. The average molecular weight is 319 g/mol. The van der Waals surface area contributed by atoms with Gasteiger partial charge in [-0.1, -0.05) is 11.8 Å². The summed E-state index contributed by atoms with van der Waals surface area (Å²) in [5.74, 6) is 0. The molecule has 86 valence electrons. The fraction of sp³-hybridized carbons (Fsp3) is 0.333. The summed E-state index contributed by atoms with van der Waals surface area (Å²) in [4.78, 5) is 5.34. The first-order chi connectivity index (χ1) is 7.66. The van der Waals surface area contributed by atoms with Crippen LogP contribution in [0.4, 0.5) is 0 Å². The highest BCUT2D eigenvalue weighted by atomic mass is 79.9. The van der Waals surface area contributed by atoms with Gasteiger partial charge in [0.1, 0.15) is 6.33 Å². The number of halogens is 1. The third kappa shape index (κ3) is 2.85. The van der Waals surface area contributed by atoms with Crippen molar-refractivity contribution in [2.75, 3.05) is 0 Å². The van der Waals surface area contributed by atoms with Crippen LogP contribution in [-0.2, 0) is 0 Å². The summed E-state index contributed by atoms with van der Waals surface area (Å²) < 4.78 is 1.12. The van der Waals surface area contributed by atoms with E-state index in [1.807, 2.05) is 13.0 Å². The largest absolute Gasteiger partial charge is 0.327 e. The van der Waals surface area contributed by atoms with E-state index >= 15 is 0 Å². The van der Waals surface area contributed by atoms with Crippen LogP contribution in [-0.4, -0.2) is 21.2 Å². The second kappa shape index (κ2) is 5.31. The van der Waals surface area contributed by atoms with Gasteiger partial charge in [0, 0.05) is 10.9 Å². The molecule has 0 aromatic carbocycles. The summed E-state index contributed by atoms with van der Waals surface area (Å²) in [6, 6.07) is 4.18. The van der Waals surface area contributed by atoms with Crippen LogP contribution in [0.5, 0.6) is 0 Å². The van der Waals surface area contributed by atoms with Crippen LogP contribution in [0.1, 0.15) is 17.1 Å². The molecule has 16 heavy (non-hydrogen) atoms. The van der Waals surface area contributed by atoms with Crippen molar-refractivity contribution in [2.45, 2.75) is 23.4 Å². The number of aromatic nitrogens is 3. The zero-order valence-corrected chi connectivity index (χ0v) is 11.8. The Morgan fingerprint density at radius 3 is 2.88 bits per heavy atom. The van der Waals surface area contributed by atoms with Gasteiger partial charge in [-0.05, 0) is 35.0 Å². The molecule has 2 unspecified atom stereocenters. The molecule has 2 rings (SSSR count). The summed E-state index contributed by atoms with van der Waals surface area (Å²) >= 11 is 6.77. The number of nitrogens with one attached hydrogen (secondary N) is 1. The highest BCUT2D eigenvalue weighted by Crippen LogP contribution is 2.39. The topological polar surface area (TPSA) is 67.6 Å². The fourth-order valence-electron chi connectivity index (χ4n) is 1.28. The van der Waals surface area contributed by atoms with E-state index in [1.165, 1.54) is 11.2 Å². The molecule has 0 amide bonds. The third-order valence-electron chi connectivity index (χ3n) is 1.98. The molecule has 0 saturated heterocycles. The Balaban J connectivity index is 2.18. The van der Waals surface area contributed by atoms with E-state index in [0.29, 0.717) is 0 Å². The van der Waals surface area contributed by atoms with Crippen LogP contribution in [0.2, 0.25) is 0 Å². The molecular weight excluding hydrogens is 308 g/mol. The molecule has 2 atom stereocenters. The van der Waals surface area contributed by atoms with Gasteiger partial charge in [0.05, 0.1) is 9.04 Å². The number of thioether (sulfide) groups is 1. The minimum Gasteiger partial charge on any atom is -0.327 e. The van der Waals surface area contributed by atoms with Crippen LogP contribution in [0.3, 0.4) is 0 Å². The lowest BCUT2D eigenvalue weighted by molar-refractivity contribution is 0.726. The number of hydrogen-bond donors (Lipinski definition) is 2. The van der Waals surface area contributed by atoms with Crippen LogP contribution >= 0.6 is 39.0 Å². The number of nitrogens with zero attached hydrogens (tertiary/aromatic N) is 2.